The summed E-state index contributed by atoms with van der Waals surface area (Å²) in [5.74, 6) is 1.92. The fourth-order valence-corrected chi connectivity index (χ4v) is 5.90. The van der Waals surface area contributed by atoms with Gasteiger partial charge >= 0.3 is 6.03 Å². The maximum absolute atomic E-state index is 13.5. The van der Waals surface area contributed by atoms with Gasteiger partial charge in [-0.1, -0.05) is 43.3 Å². The molecule has 3 heterocycles. The molecule has 3 aliphatic heterocycles. The van der Waals surface area contributed by atoms with E-state index in [4.69, 9.17) is 9.47 Å². The number of ether oxygens (including phenoxy) is 2. The molecule has 0 aromatic heterocycles. The zero-order chi connectivity index (χ0) is 26.4. The predicted molar refractivity (Wildman–Crippen MR) is 145 cm³/mol. The summed E-state index contributed by atoms with van der Waals surface area (Å²) >= 11 is 0. The molecule has 7 nitrogen and oxygen atoms in total. The SMILES string of the molecule is CCN1C(=O)N2Cc3cc(OC)cc(OC)c3C[C@@H](C)/C=C\2C12CCNCC2.O=CCc1ccccc1. The van der Waals surface area contributed by atoms with E-state index in [-0.39, 0.29) is 11.6 Å². The Kier molecular flexibility index (Phi) is 8.54. The number of carbonyl (C=O) groups is 2. The van der Waals surface area contributed by atoms with Crippen LogP contribution in [0.4, 0.5) is 4.79 Å². The topological polar surface area (TPSA) is 71.1 Å². The third-order valence-electron chi connectivity index (χ3n) is 7.68. The van der Waals surface area contributed by atoms with Gasteiger partial charge in [0.15, 0.2) is 0 Å². The van der Waals surface area contributed by atoms with Crippen molar-refractivity contribution >= 4 is 12.3 Å². The molecule has 2 fully saturated rings. The molecule has 37 heavy (non-hydrogen) atoms. The lowest BCUT2D eigenvalue weighted by Crippen LogP contribution is -2.52. The highest BCUT2D eigenvalue weighted by Gasteiger charge is 2.53. The van der Waals surface area contributed by atoms with Crippen molar-refractivity contribution in [3.8, 4) is 11.5 Å². The second-order valence-electron chi connectivity index (χ2n) is 9.95. The van der Waals surface area contributed by atoms with E-state index in [0.717, 1.165) is 67.8 Å². The Morgan fingerprint density at radius 3 is 2.46 bits per heavy atom. The van der Waals surface area contributed by atoms with E-state index in [2.05, 4.69) is 36.2 Å². The molecule has 1 spiro atoms. The maximum atomic E-state index is 13.5. The lowest BCUT2D eigenvalue weighted by molar-refractivity contribution is -0.107. The number of allylic oxidation sites excluding steroid dienone is 1. The Balaban J connectivity index is 0.000000301. The first-order valence-electron chi connectivity index (χ1n) is 13.2. The zero-order valence-electron chi connectivity index (χ0n) is 22.5. The van der Waals surface area contributed by atoms with Gasteiger partial charge in [-0.05, 0) is 68.0 Å². The third kappa shape index (κ3) is 5.37. The van der Waals surface area contributed by atoms with E-state index in [1.807, 2.05) is 41.3 Å². The number of hydrogen-bond acceptors (Lipinski definition) is 5. The molecule has 7 heteroatoms. The number of hydrogen-bond donors (Lipinski definition) is 1. The maximum Gasteiger partial charge on any atom is 0.325 e. The lowest BCUT2D eigenvalue weighted by atomic mass is 9.81. The first-order chi connectivity index (χ1) is 18.0. The Hall–Kier alpha value is -3.32. The van der Waals surface area contributed by atoms with Crippen LogP contribution in [-0.4, -0.2) is 61.5 Å². The molecule has 0 radical (unpaired) electrons. The van der Waals surface area contributed by atoms with Crippen LogP contribution >= 0.6 is 0 Å². The molecular formula is C30H39N3O4. The van der Waals surface area contributed by atoms with Crippen molar-refractivity contribution in [2.45, 2.75) is 51.6 Å². The minimum Gasteiger partial charge on any atom is -0.497 e. The Morgan fingerprint density at radius 2 is 1.84 bits per heavy atom. The molecule has 198 valence electrons. The van der Waals surface area contributed by atoms with Crippen LogP contribution in [0.25, 0.3) is 0 Å². The van der Waals surface area contributed by atoms with Gasteiger partial charge < -0.3 is 24.5 Å². The summed E-state index contributed by atoms with van der Waals surface area (Å²) in [6.07, 6.45) is 6.61. The summed E-state index contributed by atoms with van der Waals surface area (Å²) in [7, 11) is 3.37. The second-order valence-corrected chi connectivity index (χ2v) is 9.95. The van der Waals surface area contributed by atoms with Crippen LogP contribution in [0.15, 0.2) is 54.2 Å². The molecule has 3 aliphatic rings. The average molecular weight is 506 g/mol. The number of urea groups is 1. The quantitative estimate of drug-likeness (QED) is 0.602. The summed E-state index contributed by atoms with van der Waals surface area (Å²) in [6, 6.07) is 13.8. The first kappa shape index (κ1) is 26.7. The molecule has 0 aliphatic carbocycles. The minimum absolute atomic E-state index is 0.123. The summed E-state index contributed by atoms with van der Waals surface area (Å²) in [6.45, 7) is 7.51. The van der Waals surface area contributed by atoms with Crippen molar-refractivity contribution in [3.63, 3.8) is 0 Å². The number of carbonyl (C=O) groups excluding carboxylic acids is 2. The molecule has 5 rings (SSSR count). The van der Waals surface area contributed by atoms with Crippen LogP contribution in [0, 0.1) is 5.92 Å². The molecule has 0 unspecified atom stereocenters. The van der Waals surface area contributed by atoms with Gasteiger partial charge in [0.1, 0.15) is 17.8 Å². The lowest BCUT2D eigenvalue weighted by Gasteiger charge is -2.41. The van der Waals surface area contributed by atoms with Crippen molar-refractivity contribution in [2.75, 3.05) is 33.9 Å². The number of methoxy groups -OCH3 is 2. The smallest absolute Gasteiger partial charge is 0.325 e. The van der Waals surface area contributed by atoms with E-state index in [0.29, 0.717) is 18.9 Å². The van der Waals surface area contributed by atoms with E-state index < -0.39 is 0 Å². The van der Waals surface area contributed by atoms with Gasteiger partial charge in [-0.3, -0.25) is 4.90 Å². The average Bonchev–Trinajstić information content (AvgIpc) is 3.10. The van der Waals surface area contributed by atoms with Gasteiger partial charge in [-0.15, -0.1) is 0 Å². The summed E-state index contributed by atoms with van der Waals surface area (Å²) < 4.78 is 11.2. The number of likely N-dealkylation sites (N-methyl/N-ethyl adjacent to an activating group) is 1. The van der Waals surface area contributed by atoms with E-state index >= 15 is 0 Å². The van der Waals surface area contributed by atoms with E-state index in [1.54, 1.807) is 14.2 Å². The summed E-state index contributed by atoms with van der Waals surface area (Å²) in [5, 5.41) is 3.46. The van der Waals surface area contributed by atoms with Crippen LogP contribution in [0.2, 0.25) is 0 Å². The highest BCUT2D eigenvalue weighted by Crippen LogP contribution is 2.46. The predicted octanol–water partition coefficient (Wildman–Crippen LogP) is 4.59. The number of piperidine rings is 1. The molecular weight excluding hydrogens is 466 g/mol. The number of benzene rings is 2. The molecule has 2 aromatic rings. The number of amides is 2. The van der Waals surface area contributed by atoms with Crippen molar-refractivity contribution < 1.29 is 19.1 Å². The fraction of sp³-hybridized carbons (Fsp3) is 0.467. The normalized spacial score (nSPS) is 21.5. The third-order valence-corrected chi connectivity index (χ3v) is 7.68. The molecule has 0 bridgehead atoms. The molecule has 2 aromatic carbocycles. The fourth-order valence-electron chi connectivity index (χ4n) is 5.90. The molecule has 0 saturated carbocycles. The summed E-state index contributed by atoms with van der Waals surface area (Å²) in [5.41, 5.74) is 4.39. The van der Waals surface area contributed by atoms with Gasteiger partial charge in [0.05, 0.1) is 26.3 Å². The van der Waals surface area contributed by atoms with Crippen molar-refractivity contribution in [3.05, 3.63) is 70.9 Å². The van der Waals surface area contributed by atoms with Crippen LogP contribution in [0.1, 0.15) is 43.4 Å². The Morgan fingerprint density at radius 1 is 1.11 bits per heavy atom. The highest BCUT2D eigenvalue weighted by atomic mass is 16.5. The molecule has 1 atom stereocenters. The van der Waals surface area contributed by atoms with Gasteiger partial charge in [0.25, 0.3) is 0 Å². The number of rotatable bonds is 5. The standard InChI is InChI=1S/C22H31N3O3.C8H8O/c1-5-25-21(26)24-14-16-12-17(27-3)13-19(28-4)18(16)10-15(2)11-20(24)22(25)6-8-23-9-7-22;9-7-6-8-4-2-1-3-5-8/h11-13,15,23H,5-10,14H2,1-4H3;1-5,7H,6H2/b20-11-;/t15-;/m1./s1. The van der Waals surface area contributed by atoms with Crippen molar-refractivity contribution in [1.29, 1.82) is 0 Å². The van der Waals surface area contributed by atoms with Crippen molar-refractivity contribution in [1.82, 2.24) is 15.1 Å². The largest absolute Gasteiger partial charge is 0.497 e. The van der Waals surface area contributed by atoms with Gasteiger partial charge in [-0.25, -0.2) is 4.79 Å². The van der Waals surface area contributed by atoms with Gasteiger partial charge in [0.2, 0.25) is 0 Å². The van der Waals surface area contributed by atoms with Crippen LogP contribution in [0.3, 0.4) is 0 Å². The van der Waals surface area contributed by atoms with Crippen LogP contribution < -0.4 is 14.8 Å². The van der Waals surface area contributed by atoms with Crippen LogP contribution in [-0.2, 0) is 24.2 Å². The number of aldehydes is 1. The Bertz CT molecular complexity index is 1130. The first-order valence-corrected chi connectivity index (χ1v) is 13.2. The van der Waals surface area contributed by atoms with Gasteiger partial charge in [0, 0.05) is 24.7 Å². The van der Waals surface area contributed by atoms with Gasteiger partial charge in [-0.2, -0.15) is 0 Å². The van der Waals surface area contributed by atoms with Crippen LogP contribution in [0.5, 0.6) is 11.5 Å². The monoisotopic (exact) mass is 505 g/mol. The molecule has 2 amide bonds. The van der Waals surface area contributed by atoms with E-state index in [1.165, 1.54) is 11.3 Å². The summed E-state index contributed by atoms with van der Waals surface area (Å²) in [4.78, 5) is 27.5. The van der Waals surface area contributed by atoms with E-state index in [9.17, 15) is 9.59 Å². The zero-order valence-corrected chi connectivity index (χ0v) is 22.5. The van der Waals surface area contributed by atoms with Crippen molar-refractivity contribution in [2.24, 2.45) is 5.92 Å². The number of nitrogens with one attached hydrogen (secondary N) is 1. The molecule has 2 saturated heterocycles. The second kappa shape index (κ2) is 11.8. The highest BCUT2D eigenvalue weighted by molar-refractivity contribution is 5.82. The number of fused-ring (bicyclic) bond motifs is 3. The molecule has 1 N–H and O–H groups in total. The Labute approximate surface area is 220 Å². The minimum atomic E-state index is -0.175. The number of nitrogens with zero attached hydrogens (tertiary/aromatic N) is 2.